The van der Waals surface area contributed by atoms with Crippen LogP contribution < -0.4 is 0 Å². The van der Waals surface area contributed by atoms with Crippen LogP contribution in [-0.4, -0.2) is 14.4 Å². The maximum atomic E-state index is 6.36. The maximum Gasteiger partial charge on any atom is 0.210 e. The highest BCUT2D eigenvalue weighted by Crippen LogP contribution is 2.19. The van der Waals surface area contributed by atoms with Crippen molar-refractivity contribution in [2.75, 3.05) is 0 Å². The summed E-state index contributed by atoms with van der Waals surface area (Å²) in [6, 6.07) is 0. The summed E-state index contributed by atoms with van der Waals surface area (Å²) in [6.07, 6.45) is 15.2. The summed E-state index contributed by atoms with van der Waals surface area (Å²) in [7, 11) is -1.61. The number of hydrogen-bond donors (Lipinski definition) is 0. The minimum atomic E-state index is -1.61. The molecule has 0 aliphatic carbocycles. The summed E-state index contributed by atoms with van der Waals surface area (Å²) in [4.78, 5) is 0. The topological polar surface area (TPSA) is 9.23 Å². The van der Waals surface area contributed by atoms with Crippen molar-refractivity contribution in [2.45, 2.75) is 104 Å². The lowest BCUT2D eigenvalue weighted by atomic mass is 10.0. The van der Waals surface area contributed by atoms with Gasteiger partial charge in [-0.25, -0.2) is 0 Å². The average Bonchev–Trinajstić information content (AvgIpc) is 2.43. The van der Waals surface area contributed by atoms with Crippen LogP contribution in [0, 0.1) is 0 Å². The van der Waals surface area contributed by atoms with Gasteiger partial charge in [-0.05, 0) is 25.9 Å². The molecule has 0 aromatic rings. The van der Waals surface area contributed by atoms with E-state index in [1.165, 1.54) is 70.6 Å². The maximum absolute atomic E-state index is 6.36. The Morgan fingerprint density at radius 2 is 1.35 bits per heavy atom. The molecule has 1 atom stereocenters. The summed E-state index contributed by atoms with van der Waals surface area (Å²) >= 11 is 0. The van der Waals surface area contributed by atoms with Crippen LogP contribution in [-0.2, 0) is 4.43 Å². The van der Waals surface area contributed by atoms with Crippen molar-refractivity contribution in [3.05, 3.63) is 12.3 Å². The second kappa shape index (κ2) is 12.6. The zero-order valence-electron chi connectivity index (χ0n) is 14.5. The highest BCUT2D eigenvalue weighted by molar-refractivity contribution is 6.76. The highest BCUT2D eigenvalue weighted by Gasteiger charge is 2.22. The van der Waals surface area contributed by atoms with Crippen molar-refractivity contribution >= 4 is 8.32 Å². The van der Waals surface area contributed by atoms with Crippen LogP contribution in [0.25, 0.3) is 0 Å². The fourth-order valence-corrected chi connectivity index (χ4v) is 3.69. The highest BCUT2D eigenvalue weighted by atomic mass is 28.4. The molecule has 1 nitrogen and oxygen atoms in total. The molecular formula is C18H38OSi. The average molecular weight is 299 g/mol. The van der Waals surface area contributed by atoms with E-state index in [0.29, 0.717) is 6.10 Å². The lowest BCUT2D eigenvalue weighted by molar-refractivity contribution is 0.168. The van der Waals surface area contributed by atoms with Gasteiger partial charge in [0, 0.05) is 6.10 Å². The first-order chi connectivity index (χ1) is 9.55. The first kappa shape index (κ1) is 19.9. The Bertz CT molecular complexity index is 225. The third kappa shape index (κ3) is 11.7. The van der Waals surface area contributed by atoms with E-state index in [1.807, 2.05) is 0 Å². The third-order valence-corrected chi connectivity index (χ3v) is 5.90. The Hall–Kier alpha value is -0.0831. The first-order valence-electron chi connectivity index (χ1n) is 8.87. The van der Waals surface area contributed by atoms with Crippen molar-refractivity contribution in [3.63, 3.8) is 0 Å². The predicted octanol–water partition coefficient (Wildman–Crippen LogP) is 6.63. The van der Waals surface area contributed by atoms with Gasteiger partial charge in [-0.2, -0.15) is 0 Å². The lowest BCUT2D eigenvalue weighted by Gasteiger charge is -2.27. The minimum absolute atomic E-state index is 0.477. The Labute approximate surface area is 129 Å². The Kier molecular flexibility index (Phi) is 12.6. The van der Waals surface area contributed by atoms with Gasteiger partial charge in [-0.15, -0.1) is 6.58 Å². The van der Waals surface area contributed by atoms with E-state index in [4.69, 9.17) is 4.43 Å². The van der Waals surface area contributed by atoms with Crippen LogP contribution in [0.1, 0.15) is 84.5 Å². The summed E-state index contributed by atoms with van der Waals surface area (Å²) in [6.45, 7) is 13.0. The van der Waals surface area contributed by atoms with E-state index in [9.17, 15) is 0 Å². The van der Waals surface area contributed by atoms with Crippen LogP contribution in [0.3, 0.4) is 0 Å². The number of rotatable bonds is 14. The molecule has 0 rings (SSSR count). The third-order valence-electron chi connectivity index (χ3n) is 3.97. The van der Waals surface area contributed by atoms with Gasteiger partial charge in [-0.1, -0.05) is 77.3 Å². The molecule has 0 spiro atoms. The van der Waals surface area contributed by atoms with Crippen LogP contribution >= 0.6 is 0 Å². The molecule has 0 amide bonds. The molecule has 0 aromatic carbocycles. The fraction of sp³-hybridized carbons (Fsp3) is 0.889. The van der Waals surface area contributed by atoms with E-state index in [2.05, 4.69) is 39.2 Å². The predicted molar refractivity (Wildman–Crippen MR) is 94.7 cm³/mol. The van der Waals surface area contributed by atoms with Gasteiger partial charge in [0.2, 0.25) is 8.32 Å². The molecule has 0 aromatic heterocycles. The van der Waals surface area contributed by atoms with E-state index in [-0.39, 0.29) is 0 Å². The molecule has 0 fully saturated rings. The van der Waals surface area contributed by atoms with Gasteiger partial charge < -0.3 is 4.43 Å². The summed E-state index contributed by atoms with van der Waals surface area (Å²) in [5, 5.41) is 0. The molecule has 1 unspecified atom stereocenters. The van der Waals surface area contributed by atoms with Crippen molar-refractivity contribution in [1.29, 1.82) is 0 Å². The van der Waals surface area contributed by atoms with E-state index < -0.39 is 8.32 Å². The molecule has 20 heavy (non-hydrogen) atoms. The summed E-state index contributed by atoms with van der Waals surface area (Å²) < 4.78 is 6.36. The van der Waals surface area contributed by atoms with Gasteiger partial charge >= 0.3 is 0 Å². The van der Waals surface area contributed by atoms with Crippen molar-refractivity contribution in [1.82, 2.24) is 0 Å². The molecule has 0 aliphatic heterocycles. The molecule has 0 saturated carbocycles. The van der Waals surface area contributed by atoms with Gasteiger partial charge in [-0.3, -0.25) is 0 Å². The normalized spacial score (nSPS) is 13.4. The first-order valence-corrected chi connectivity index (χ1v) is 11.9. The second-order valence-corrected chi connectivity index (χ2v) is 10.5. The molecule has 0 heterocycles. The van der Waals surface area contributed by atoms with Crippen LogP contribution in [0.15, 0.2) is 12.3 Å². The van der Waals surface area contributed by atoms with E-state index in [1.54, 1.807) is 0 Å². The summed E-state index contributed by atoms with van der Waals surface area (Å²) in [5.74, 6) is 0. The molecule has 0 saturated heterocycles. The standard InChI is InChI=1S/C18H38OSi/c1-6-9-11-12-13-14-15-17-18(16-10-7-2)19-20(4,5)8-3/h8,18H,3,6-7,9-17H2,1-2,4-5H3. The van der Waals surface area contributed by atoms with E-state index in [0.717, 1.165) is 0 Å². The molecular weight excluding hydrogens is 260 g/mol. The Balaban J connectivity index is 3.83. The zero-order valence-corrected chi connectivity index (χ0v) is 15.5. The SMILES string of the molecule is C=C[Si](C)(C)OC(CCCC)CCCCCCCCC. The zero-order chi connectivity index (χ0) is 15.3. The van der Waals surface area contributed by atoms with Crippen LogP contribution in [0.5, 0.6) is 0 Å². The van der Waals surface area contributed by atoms with Crippen LogP contribution in [0.4, 0.5) is 0 Å². The molecule has 120 valence electrons. The van der Waals surface area contributed by atoms with Gasteiger partial charge in [0.15, 0.2) is 0 Å². The lowest BCUT2D eigenvalue weighted by Crippen LogP contribution is -2.33. The fourth-order valence-electron chi connectivity index (χ4n) is 2.50. The van der Waals surface area contributed by atoms with Crippen LogP contribution in [0.2, 0.25) is 13.1 Å². The number of hydrogen-bond acceptors (Lipinski definition) is 1. The smallest absolute Gasteiger partial charge is 0.210 e. The largest absolute Gasteiger partial charge is 0.411 e. The molecule has 0 N–H and O–H groups in total. The second-order valence-electron chi connectivity index (χ2n) is 6.60. The Morgan fingerprint density at radius 3 is 1.90 bits per heavy atom. The minimum Gasteiger partial charge on any atom is -0.411 e. The Morgan fingerprint density at radius 1 is 0.850 bits per heavy atom. The van der Waals surface area contributed by atoms with Gasteiger partial charge in [0.1, 0.15) is 0 Å². The quantitative estimate of drug-likeness (QED) is 0.258. The monoisotopic (exact) mass is 298 g/mol. The molecule has 2 heteroatoms. The van der Waals surface area contributed by atoms with Gasteiger partial charge in [0.05, 0.1) is 0 Å². The number of unbranched alkanes of at least 4 members (excludes halogenated alkanes) is 7. The van der Waals surface area contributed by atoms with Gasteiger partial charge in [0.25, 0.3) is 0 Å². The molecule has 0 bridgehead atoms. The van der Waals surface area contributed by atoms with Crippen molar-refractivity contribution < 1.29 is 4.43 Å². The van der Waals surface area contributed by atoms with Crippen molar-refractivity contribution in [2.24, 2.45) is 0 Å². The van der Waals surface area contributed by atoms with Crippen molar-refractivity contribution in [3.8, 4) is 0 Å². The van der Waals surface area contributed by atoms with E-state index >= 15 is 0 Å². The summed E-state index contributed by atoms with van der Waals surface area (Å²) in [5.41, 5.74) is 2.07. The molecule has 0 aliphatic rings. The molecule has 0 radical (unpaired) electrons.